The summed E-state index contributed by atoms with van der Waals surface area (Å²) in [6.07, 6.45) is 1.48. The third kappa shape index (κ3) is 3.42. The maximum atomic E-state index is 12.2. The van der Waals surface area contributed by atoms with Crippen LogP contribution in [0.1, 0.15) is 11.1 Å². The summed E-state index contributed by atoms with van der Waals surface area (Å²) in [5, 5.41) is 0. The summed E-state index contributed by atoms with van der Waals surface area (Å²) in [6.45, 7) is 0.986. The standard InChI is InChI=1S/C17H20N2O2S/c1-19-11-9-15-13-16(7-8-17(15)19)18-22(20,21)12-10-14-5-3-2-4-6-14/h2-8,13,18H,9-12H2,1H3. The highest BCUT2D eigenvalue weighted by Crippen LogP contribution is 2.29. The van der Waals surface area contributed by atoms with Crippen LogP contribution in [0.2, 0.25) is 0 Å². The molecule has 0 saturated carbocycles. The maximum Gasteiger partial charge on any atom is 0.233 e. The number of nitrogens with one attached hydrogen (secondary N) is 1. The van der Waals surface area contributed by atoms with Crippen molar-refractivity contribution in [1.29, 1.82) is 0 Å². The quantitative estimate of drug-likeness (QED) is 0.922. The van der Waals surface area contributed by atoms with Crippen molar-refractivity contribution in [2.75, 3.05) is 29.0 Å². The first-order chi connectivity index (χ1) is 10.5. The van der Waals surface area contributed by atoms with E-state index in [9.17, 15) is 8.42 Å². The van der Waals surface area contributed by atoms with Gasteiger partial charge in [0.2, 0.25) is 10.0 Å². The minimum Gasteiger partial charge on any atom is -0.374 e. The number of fused-ring (bicyclic) bond motifs is 1. The van der Waals surface area contributed by atoms with Gasteiger partial charge in [-0.05, 0) is 42.2 Å². The molecule has 0 bridgehead atoms. The van der Waals surface area contributed by atoms with Gasteiger partial charge in [0.25, 0.3) is 0 Å². The van der Waals surface area contributed by atoms with Gasteiger partial charge in [-0.25, -0.2) is 8.42 Å². The fourth-order valence-electron chi connectivity index (χ4n) is 2.76. The highest BCUT2D eigenvalue weighted by atomic mass is 32.2. The van der Waals surface area contributed by atoms with E-state index in [-0.39, 0.29) is 5.75 Å². The minimum atomic E-state index is -3.33. The van der Waals surface area contributed by atoms with Gasteiger partial charge in [0.1, 0.15) is 0 Å². The fourth-order valence-corrected chi connectivity index (χ4v) is 3.85. The average Bonchev–Trinajstić information content (AvgIpc) is 2.87. The van der Waals surface area contributed by atoms with Crippen molar-refractivity contribution in [3.8, 4) is 0 Å². The fraction of sp³-hybridized carbons (Fsp3) is 0.294. The lowest BCUT2D eigenvalue weighted by molar-refractivity contribution is 0.600. The summed E-state index contributed by atoms with van der Waals surface area (Å²) in [6, 6.07) is 15.4. The SMILES string of the molecule is CN1CCc2cc(NS(=O)(=O)CCc3ccccc3)ccc21. The average molecular weight is 316 g/mol. The van der Waals surface area contributed by atoms with E-state index in [1.165, 1.54) is 11.3 Å². The third-order valence-corrected chi connectivity index (χ3v) is 5.27. The van der Waals surface area contributed by atoms with Crippen LogP contribution in [-0.4, -0.2) is 27.8 Å². The lowest BCUT2D eigenvalue weighted by atomic mass is 10.1. The van der Waals surface area contributed by atoms with E-state index in [1.807, 2.05) is 48.5 Å². The molecular formula is C17H20N2O2S. The van der Waals surface area contributed by atoms with Crippen LogP contribution in [0.25, 0.3) is 0 Å². The second kappa shape index (κ2) is 6.01. The number of sulfonamides is 1. The molecule has 0 aromatic heterocycles. The zero-order valence-electron chi connectivity index (χ0n) is 12.6. The van der Waals surface area contributed by atoms with Crippen molar-refractivity contribution in [2.45, 2.75) is 12.8 Å². The molecule has 0 spiro atoms. The summed E-state index contributed by atoms with van der Waals surface area (Å²) in [7, 11) is -1.28. The molecule has 2 aromatic rings. The lowest BCUT2D eigenvalue weighted by Gasteiger charge is -2.13. The molecule has 2 aromatic carbocycles. The number of nitrogens with zero attached hydrogens (tertiary/aromatic N) is 1. The van der Waals surface area contributed by atoms with Crippen LogP contribution in [0.4, 0.5) is 11.4 Å². The molecule has 4 nitrogen and oxygen atoms in total. The van der Waals surface area contributed by atoms with Gasteiger partial charge >= 0.3 is 0 Å². The van der Waals surface area contributed by atoms with Crippen molar-refractivity contribution in [1.82, 2.24) is 0 Å². The van der Waals surface area contributed by atoms with Crippen molar-refractivity contribution in [2.24, 2.45) is 0 Å². The molecule has 5 heteroatoms. The summed E-state index contributed by atoms with van der Waals surface area (Å²) < 4.78 is 27.1. The van der Waals surface area contributed by atoms with Gasteiger partial charge in [0.05, 0.1) is 5.75 Å². The van der Waals surface area contributed by atoms with Gasteiger partial charge in [-0.1, -0.05) is 30.3 Å². The van der Waals surface area contributed by atoms with Gasteiger partial charge < -0.3 is 4.90 Å². The Morgan fingerprint density at radius 3 is 2.68 bits per heavy atom. The summed E-state index contributed by atoms with van der Waals surface area (Å²) in [5.41, 5.74) is 4.07. The monoisotopic (exact) mass is 316 g/mol. The molecule has 3 rings (SSSR count). The zero-order chi connectivity index (χ0) is 15.6. The predicted molar refractivity (Wildman–Crippen MR) is 91.0 cm³/mol. The second-order valence-electron chi connectivity index (χ2n) is 5.67. The smallest absolute Gasteiger partial charge is 0.233 e. The maximum absolute atomic E-state index is 12.2. The lowest BCUT2D eigenvalue weighted by Crippen LogP contribution is -2.18. The third-order valence-electron chi connectivity index (χ3n) is 3.98. The van der Waals surface area contributed by atoms with Crippen molar-refractivity contribution < 1.29 is 8.42 Å². The Hall–Kier alpha value is -2.01. The van der Waals surface area contributed by atoms with Gasteiger partial charge in [0.15, 0.2) is 0 Å². The first kappa shape index (κ1) is 14.9. The van der Waals surface area contributed by atoms with E-state index in [4.69, 9.17) is 0 Å². The molecule has 0 atom stereocenters. The summed E-state index contributed by atoms with van der Waals surface area (Å²) in [4.78, 5) is 2.18. The van der Waals surface area contributed by atoms with Crippen molar-refractivity contribution in [3.05, 3.63) is 59.7 Å². The number of hydrogen-bond donors (Lipinski definition) is 1. The van der Waals surface area contributed by atoms with Crippen LogP contribution in [0, 0.1) is 0 Å². The van der Waals surface area contributed by atoms with Gasteiger partial charge in [-0.3, -0.25) is 4.72 Å². The Labute approximate surface area is 131 Å². The molecule has 0 amide bonds. The minimum absolute atomic E-state index is 0.0913. The van der Waals surface area contributed by atoms with Crippen LogP contribution in [0.3, 0.4) is 0 Å². The molecule has 0 fully saturated rings. The highest BCUT2D eigenvalue weighted by molar-refractivity contribution is 7.92. The molecule has 0 saturated heterocycles. The Morgan fingerprint density at radius 1 is 1.14 bits per heavy atom. The first-order valence-electron chi connectivity index (χ1n) is 7.42. The number of hydrogen-bond acceptors (Lipinski definition) is 3. The van der Waals surface area contributed by atoms with Gasteiger partial charge in [-0.2, -0.15) is 0 Å². The largest absolute Gasteiger partial charge is 0.374 e. The summed E-state index contributed by atoms with van der Waals surface area (Å²) in [5.74, 6) is 0.0913. The molecule has 116 valence electrons. The van der Waals surface area contributed by atoms with E-state index in [0.29, 0.717) is 12.1 Å². The Kier molecular flexibility index (Phi) is 4.07. The molecule has 22 heavy (non-hydrogen) atoms. The van der Waals surface area contributed by atoms with Gasteiger partial charge in [0, 0.05) is 25.0 Å². The number of rotatable bonds is 5. The van der Waals surface area contributed by atoms with Crippen molar-refractivity contribution >= 4 is 21.4 Å². The molecular weight excluding hydrogens is 296 g/mol. The molecule has 1 N–H and O–H groups in total. The van der Waals surface area contributed by atoms with E-state index in [0.717, 1.165) is 18.5 Å². The van der Waals surface area contributed by atoms with E-state index in [2.05, 4.69) is 16.7 Å². The highest BCUT2D eigenvalue weighted by Gasteiger charge is 2.17. The van der Waals surface area contributed by atoms with Crippen molar-refractivity contribution in [3.63, 3.8) is 0 Å². The number of likely N-dealkylation sites (N-methyl/N-ethyl adjacent to an activating group) is 1. The van der Waals surface area contributed by atoms with Crippen LogP contribution >= 0.6 is 0 Å². The normalized spacial score (nSPS) is 14.0. The first-order valence-corrected chi connectivity index (χ1v) is 9.07. The predicted octanol–water partition coefficient (Wildman–Crippen LogP) is 2.66. The Morgan fingerprint density at radius 2 is 1.91 bits per heavy atom. The van der Waals surface area contributed by atoms with Crippen LogP contribution in [0.5, 0.6) is 0 Å². The molecule has 1 aliphatic heterocycles. The Bertz CT molecular complexity index is 757. The van der Waals surface area contributed by atoms with E-state index in [1.54, 1.807) is 0 Å². The second-order valence-corrected chi connectivity index (χ2v) is 7.51. The van der Waals surface area contributed by atoms with Gasteiger partial charge in [-0.15, -0.1) is 0 Å². The van der Waals surface area contributed by atoms with Crippen LogP contribution in [0.15, 0.2) is 48.5 Å². The Balaban J connectivity index is 1.67. The zero-order valence-corrected chi connectivity index (χ0v) is 13.4. The molecule has 0 radical (unpaired) electrons. The molecule has 0 unspecified atom stereocenters. The van der Waals surface area contributed by atoms with E-state index < -0.39 is 10.0 Å². The summed E-state index contributed by atoms with van der Waals surface area (Å²) >= 11 is 0. The molecule has 1 heterocycles. The number of benzene rings is 2. The number of anilines is 2. The molecule has 1 aliphatic rings. The topological polar surface area (TPSA) is 49.4 Å². The van der Waals surface area contributed by atoms with Crippen LogP contribution < -0.4 is 9.62 Å². The van der Waals surface area contributed by atoms with Crippen LogP contribution in [-0.2, 0) is 22.9 Å². The van der Waals surface area contributed by atoms with E-state index >= 15 is 0 Å². The number of aryl methyl sites for hydroxylation is 1. The molecule has 0 aliphatic carbocycles.